The van der Waals surface area contributed by atoms with Crippen LogP contribution in [0.4, 0.5) is 0 Å². The Morgan fingerprint density at radius 2 is 2.16 bits per heavy atom. The summed E-state index contributed by atoms with van der Waals surface area (Å²) < 4.78 is 5.74. The number of guanidine groups is 1. The summed E-state index contributed by atoms with van der Waals surface area (Å²) in [4.78, 5) is 4.79. The van der Waals surface area contributed by atoms with Crippen LogP contribution >= 0.6 is 0 Å². The number of nitrogens with zero attached hydrogens (tertiary/aromatic N) is 1. The van der Waals surface area contributed by atoms with E-state index in [0.29, 0.717) is 18.4 Å². The summed E-state index contributed by atoms with van der Waals surface area (Å²) in [6.45, 7) is 9.02. The van der Waals surface area contributed by atoms with Crippen molar-refractivity contribution in [2.45, 2.75) is 46.1 Å². The molecule has 1 aliphatic rings. The number of rotatable bonds is 8. The Kier molecular flexibility index (Phi) is 8.06. The Hall–Kier alpha value is -1.75. The van der Waals surface area contributed by atoms with E-state index < -0.39 is 0 Å². The van der Waals surface area contributed by atoms with Crippen molar-refractivity contribution in [1.29, 1.82) is 0 Å². The number of hydrogen-bond acceptors (Lipinski definition) is 3. The second kappa shape index (κ2) is 10.3. The van der Waals surface area contributed by atoms with Crippen LogP contribution in [0.15, 0.2) is 29.3 Å². The molecule has 0 saturated heterocycles. The Morgan fingerprint density at radius 1 is 1.36 bits per heavy atom. The molecular formula is C20H33N3O2. The summed E-state index contributed by atoms with van der Waals surface area (Å²) in [6.07, 6.45) is 2.82. The lowest BCUT2D eigenvalue weighted by Gasteiger charge is -2.28. The van der Waals surface area contributed by atoms with E-state index in [4.69, 9.17) is 9.73 Å². The van der Waals surface area contributed by atoms with Crippen LogP contribution in [0.2, 0.25) is 0 Å². The van der Waals surface area contributed by atoms with Gasteiger partial charge in [0.15, 0.2) is 5.96 Å². The molecule has 0 saturated carbocycles. The molecule has 2 unspecified atom stereocenters. The van der Waals surface area contributed by atoms with Gasteiger partial charge >= 0.3 is 0 Å². The van der Waals surface area contributed by atoms with Crippen LogP contribution < -0.4 is 15.4 Å². The normalized spacial score (nSPS) is 18.4. The average Bonchev–Trinajstić information content (AvgIpc) is 2.60. The third-order valence-electron chi connectivity index (χ3n) is 4.46. The minimum absolute atomic E-state index is 0.212. The fraction of sp³-hybridized carbons (Fsp3) is 0.650. The van der Waals surface area contributed by atoms with E-state index in [1.807, 2.05) is 18.2 Å². The summed E-state index contributed by atoms with van der Waals surface area (Å²) >= 11 is 0. The zero-order valence-corrected chi connectivity index (χ0v) is 15.8. The molecule has 0 amide bonds. The SMILES string of the molecule is CCNC(=NCC(CCO)CC(C)C)NC1CCOc2ccccc21. The van der Waals surface area contributed by atoms with Crippen molar-refractivity contribution in [2.75, 3.05) is 26.3 Å². The fourth-order valence-corrected chi connectivity index (χ4v) is 3.33. The molecule has 1 aromatic rings. The van der Waals surface area contributed by atoms with Crippen molar-refractivity contribution < 1.29 is 9.84 Å². The first-order chi connectivity index (χ1) is 12.1. The number of fused-ring (bicyclic) bond motifs is 1. The van der Waals surface area contributed by atoms with Gasteiger partial charge in [-0.2, -0.15) is 0 Å². The predicted octanol–water partition coefficient (Wildman–Crippen LogP) is 3.11. The molecule has 0 fully saturated rings. The highest BCUT2D eigenvalue weighted by atomic mass is 16.5. The van der Waals surface area contributed by atoms with E-state index in [9.17, 15) is 5.11 Å². The summed E-state index contributed by atoms with van der Waals surface area (Å²) in [5, 5.41) is 16.2. The first-order valence-electron chi connectivity index (χ1n) is 9.51. The molecule has 1 heterocycles. The third kappa shape index (κ3) is 6.24. The molecule has 0 spiro atoms. The number of benzene rings is 1. The zero-order chi connectivity index (χ0) is 18.1. The largest absolute Gasteiger partial charge is 0.493 e. The van der Waals surface area contributed by atoms with Crippen molar-refractivity contribution in [3.63, 3.8) is 0 Å². The number of aliphatic imine (C=N–C) groups is 1. The molecule has 5 nitrogen and oxygen atoms in total. The van der Waals surface area contributed by atoms with Crippen LogP contribution in [0.25, 0.3) is 0 Å². The average molecular weight is 348 g/mol. The van der Waals surface area contributed by atoms with Crippen molar-refractivity contribution in [3.8, 4) is 5.75 Å². The molecule has 1 aliphatic heterocycles. The highest BCUT2D eigenvalue weighted by Crippen LogP contribution is 2.31. The molecule has 25 heavy (non-hydrogen) atoms. The van der Waals surface area contributed by atoms with E-state index >= 15 is 0 Å². The minimum Gasteiger partial charge on any atom is -0.493 e. The lowest BCUT2D eigenvalue weighted by atomic mass is 9.94. The van der Waals surface area contributed by atoms with Crippen LogP contribution in [0.3, 0.4) is 0 Å². The van der Waals surface area contributed by atoms with Gasteiger partial charge < -0.3 is 20.5 Å². The van der Waals surface area contributed by atoms with E-state index in [1.165, 1.54) is 5.56 Å². The van der Waals surface area contributed by atoms with E-state index in [-0.39, 0.29) is 12.6 Å². The number of nitrogens with one attached hydrogen (secondary N) is 2. The van der Waals surface area contributed by atoms with Gasteiger partial charge in [-0.15, -0.1) is 0 Å². The van der Waals surface area contributed by atoms with Gasteiger partial charge in [-0.3, -0.25) is 4.99 Å². The molecule has 0 radical (unpaired) electrons. The van der Waals surface area contributed by atoms with Gasteiger partial charge in [0.25, 0.3) is 0 Å². The first-order valence-corrected chi connectivity index (χ1v) is 9.51. The second-order valence-corrected chi connectivity index (χ2v) is 7.10. The summed E-state index contributed by atoms with van der Waals surface area (Å²) in [7, 11) is 0. The maximum absolute atomic E-state index is 9.29. The Bertz CT molecular complexity index is 545. The topological polar surface area (TPSA) is 65.9 Å². The Labute approximate surface area is 151 Å². The zero-order valence-electron chi connectivity index (χ0n) is 15.8. The van der Waals surface area contributed by atoms with Crippen molar-refractivity contribution in [1.82, 2.24) is 10.6 Å². The van der Waals surface area contributed by atoms with E-state index in [0.717, 1.165) is 44.1 Å². The molecule has 0 aliphatic carbocycles. The van der Waals surface area contributed by atoms with E-state index in [2.05, 4.69) is 37.5 Å². The molecule has 1 aromatic carbocycles. The van der Waals surface area contributed by atoms with Gasteiger partial charge in [0, 0.05) is 31.7 Å². The van der Waals surface area contributed by atoms with Gasteiger partial charge in [-0.25, -0.2) is 0 Å². The summed E-state index contributed by atoms with van der Waals surface area (Å²) in [5.74, 6) is 2.84. The Morgan fingerprint density at radius 3 is 2.88 bits per heavy atom. The van der Waals surface area contributed by atoms with Crippen molar-refractivity contribution in [2.24, 2.45) is 16.8 Å². The monoisotopic (exact) mass is 347 g/mol. The standard InChI is InChI=1S/C20H33N3O2/c1-4-21-20(22-14-16(9-11-24)13-15(2)3)23-18-10-12-25-19-8-6-5-7-17(18)19/h5-8,15-16,18,24H,4,9-14H2,1-3H3,(H2,21,22,23). The van der Waals surface area contributed by atoms with Gasteiger partial charge in [0.2, 0.25) is 0 Å². The third-order valence-corrected chi connectivity index (χ3v) is 4.46. The van der Waals surface area contributed by atoms with Crippen LogP contribution in [0, 0.1) is 11.8 Å². The quantitative estimate of drug-likeness (QED) is 0.499. The number of ether oxygens (including phenoxy) is 1. The molecular weight excluding hydrogens is 314 g/mol. The summed E-state index contributed by atoms with van der Waals surface area (Å²) in [5.41, 5.74) is 1.19. The number of hydrogen-bond donors (Lipinski definition) is 3. The van der Waals surface area contributed by atoms with Gasteiger partial charge in [-0.1, -0.05) is 32.0 Å². The van der Waals surface area contributed by atoms with E-state index in [1.54, 1.807) is 0 Å². The number of para-hydroxylation sites is 1. The molecule has 2 rings (SSSR count). The summed E-state index contributed by atoms with van der Waals surface area (Å²) in [6, 6.07) is 8.40. The fourth-order valence-electron chi connectivity index (χ4n) is 3.33. The van der Waals surface area contributed by atoms with Crippen LogP contribution in [-0.2, 0) is 0 Å². The van der Waals surface area contributed by atoms with Gasteiger partial charge in [0.1, 0.15) is 5.75 Å². The lowest BCUT2D eigenvalue weighted by molar-refractivity contribution is 0.245. The molecule has 2 atom stereocenters. The van der Waals surface area contributed by atoms with Crippen molar-refractivity contribution >= 4 is 5.96 Å². The maximum Gasteiger partial charge on any atom is 0.191 e. The molecule has 0 bridgehead atoms. The second-order valence-electron chi connectivity index (χ2n) is 7.10. The molecule has 5 heteroatoms. The minimum atomic E-state index is 0.212. The highest BCUT2D eigenvalue weighted by Gasteiger charge is 2.22. The van der Waals surface area contributed by atoms with Crippen LogP contribution in [0.1, 0.15) is 51.6 Å². The van der Waals surface area contributed by atoms with Crippen LogP contribution in [0.5, 0.6) is 5.75 Å². The van der Waals surface area contributed by atoms with Crippen LogP contribution in [-0.4, -0.2) is 37.4 Å². The Balaban J connectivity index is 2.05. The van der Waals surface area contributed by atoms with Gasteiger partial charge in [-0.05, 0) is 37.7 Å². The first kappa shape index (κ1) is 19.6. The number of aliphatic hydroxyl groups excluding tert-OH is 1. The molecule has 3 N–H and O–H groups in total. The lowest BCUT2D eigenvalue weighted by Crippen LogP contribution is -2.41. The van der Waals surface area contributed by atoms with Gasteiger partial charge in [0.05, 0.1) is 12.6 Å². The maximum atomic E-state index is 9.29. The molecule has 0 aromatic heterocycles. The van der Waals surface area contributed by atoms with Crippen molar-refractivity contribution in [3.05, 3.63) is 29.8 Å². The predicted molar refractivity (Wildman–Crippen MR) is 103 cm³/mol. The number of aliphatic hydroxyl groups is 1. The smallest absolute Gasteiger partial charge is 0.191 e. The highest BCUT2D eigenvalue weighted by molar-refractivity contribution is 5.80. The molecule has 140 valence electrons.